The number of fused-ring (bicyclic) bond motifs is 9. The van der Waals surface area contributed by atoms with Gasteiger partial charge in [-0.25, -0.2) is 0 Å². The van der Waals surface area contributed by atoms with Gasteiger partial charge in [0.25, 0.3) is 0 Å². The average Bonchev–Trinajstić information content (AvgIpc) is 3.88. The summed E-state index contributed by atoms with van der Waals surface area (Å²) in [7, 11) is 0. The molecule has 8 aromatic carbocycles. The molecule has 0 fully saturated rings. The minimum atomic E-state index is 0.885. The van der Waals surface area contributed by atoms with E-state index in [0.717, 1.165) is 82.9 Å². The van der Waals surface area contributed by atoms with Crippen molar-refractivity contribution >= 4 is 65.7 Å². The van der Waals surface area contributed by atoms with Crippen molar-refractivity contribution in [2.45, 2.75) is 0 Å². The number of benzene rings is 8. The summed E-state index contributed by atoms with van der Waals surface area (Å²) in [5.74, 6) is 0. The van der Waals surface area contributed by atoms with E-state index < -0.39 is 0 Å². The highest BCUT2D eigenvalue weighted by Gasteiger charge is 2.22. The fourth-order valence-corrected chi connectivity index (χ4v) is 8.09. The van der Waals surface area contributed by atoms with E-state index in [-0.39, 0.29) is 0 Å². The van der Waals surface area contributed by atoms with E-state index >= 15 is 0 Å². The Balaban J connectivity index is 1.26. The molecule has 3 heterocycles. The molecule has 0 spiro atoms. The molecule has 0 aliphatic carbocycles. The first-order chi connectivity index (χ1) is 25.3. The highest BCUT2D eigenvalue weighted by atomic mass is 16.3. The summed E-state index contributed by atoms with van der Waals surface area (Å²) in [6.45, 7) is 0. The predicted octanol–water partition coefficient (Wildman–Crippen LogP) is 13.6. The van der Waals surface area contributed by atoms with Gasteiger partial charge in [0.2, 0.25) is 0 Å². The Morgan fingerprint density at radius 2 is 0.882 bits per heavy atom. The number of nitrogens with zero attached hydrogens (tertiary/aromatic N) is 1. The number of para-hydroxylation sites is 5. The molecule has 238 valence electrons. The van der Waals surface area contributed by atoms with Crippen LogP contribution in [-0.4, -0.2) is 4.57 Å². The summed E-state index contributed by atoms with van der Waals surface area (Å²) in [5, 5.41) is 6.83. The minimum Gasteiger partial charge on any atom is -0.455 e. The Hall–Kier alpha value is -6.84. The molecule has 0 saturated heterocycles. The molecule has 0 amide bonds. The molecule has 0 aliphatic rings. The summed E-state index contributed by atoms with van der Waals surface area (Å²) >= 11 is 0. The van der Waals surface area contributed by atoms with Gasteiger partial charge in [-0.2, -0.15) is 0 Å². The van der Waals surface area contributed by atoms with Gasteiger partial charge < -0.3 is 13.4 Å². The maximum Gasteiger partial charge on any atom is 0.143 e. The standard InChI is InChI=1S/C48H29NO2/c1-2-12-30(13-3-1)31-24-26-33(27-25-31)49-43-21-7-4-14-35(43)41-28-32(34-17-10-18-38-36-15-5-8-22-44(36)50-47(34)38)29-42(46(41)49)40-20-11-19-39-37-16-6-9-23-45(37)51-48(39)40/h1-29H. The molecule has 11 rings (SSSR count). The lowest BCUT2D eigenvalue weighted by Gasteiger charge is -2.15. The van der Waals surface area contributed by atoms with Gasteiger partial charge in [0, 0.05) is 54.7 Å². The van der Waals surface area contributed by atoms with Crippen LogP contribution < -0.4 is 0 Å². The molecule has 51 heavy (non-hydrogen) atoms. The van der Waals surface area contributed by atoms with Gasteiger partial charge in [-0.3, -0.25) is 0 Å². The fourth-order valence-electron chi connectivity index (χ4n) is 8.09. The Labute approximate surface area is 293 Å². The Bertz CT molecular complexity index is 3120. The van der Waals surface area contributed by atoms with Gasteiger partial charge in [0.15, 0.2) is 0 Å². The van der Waals surface area contributed by atoms with Crippen molar-refractivity contribution in [1.82, 2.24) is 4.57 Å². The van der Waals surface area contributed by atoms with Crippen molar-refractivity contribution < 1.29 is 8.83 Å². The van der Waals surface area contributed by atoms with Crippen molar-refractivity contribution in [3.8, 4) is 39.1 Å². The highest BCUT2D eigenvalue weighted by Crippen LogP contribution is 2.46. The maximum absolute atomic E-state index is 6.70. The summed E-state index contributed by atoms with van der Waals surface area (Å²) in [6.07, 6.45) is 0. The van der Waals surface area contributed by atoms with E-state index in [9.17, 15) is 0 Å². The third kappa shape index (κ3) is 4.19. The molecule has 0 aliphatic heterocycles. The van der Waals surface area contributed by atoms with Crippen LogP contribution in [0.5, 0.6) is 0 Å². The van der Waals surface area contributed by atoms with Crippen LogP contribution >= 0.6 is 0 Å². The Morgan fingerprint density at radius 3 is 1.59 bits per heavy atom. The van der Waals surface area contributed by atoms with Crippen molar-refractivity contribution in [3.05, 3.63) is 176 Å². The molecule has 0 N–H and O–H groups in total. The molecule has 0 saturated carbocycles. The van der Waals surface area contributed by atoms with Gasteiger partial charge in [0.1, 0.15) is 22.3 Å². The topological polar surface area (TPSA) is 31.2 Å². The highest BCUT2D eigenvalue weighted by molar-refractivity contribution is 6.19. The monoisotopic (exact) mass is 651 g/mol. The minimum absolute atomic E-state index is 0.885. The molecular formula is C48H29NO2. The van der Waals surface area contributed by atoms with Crippen LogP contribution in [0, 0.1) is 0 Å². The van der Waals surface area contributed by atoms with E-state index in [0.29, 0.717) is 0 Å². The van der Waals surface area contributed by atoms with E-state index in [4.69, 9.17) is 8.83 Å². The van der Waals surface area contributed by atoms with Crippen LogP contribution in [0.4, 0.5) is 0 Å². The molecular weight excluding hydrogens is 623 g/mol. The largest absolute Gasteiger partial charge is 0.455 e. The normalized spacial score (nSPS) is 11.9. The van der Waals surface area contributed by atoms with E-state index in [1.807, 2.05) is 18.2 Å². The molecule has 0 atom stereocenters. The van der Waals surface area contributed by atoms with Gasteiger partial charge in [-0.1, -0.05) is 133 Å². The second-order valence-electron chi connectivity index (χ2n) is 13.2. The second-order valence-corrected chi connectivity index (χ2v) is 13.2. The van der Waals surface area contributed by atoms with Crippen LogP contribution in [0.25, 0.3) is 105 Å². The van der Waals surface area contributed by atoms with Crippen LogP contribution in [0.15, 0.2) is 185 Å². The van der Waals surface area contributed by atoms with Crippen LogP contribution in [0.3, 0.4) is 0 Å². The van der Waals surface area contributed by atoms with Crippen LogP contribution in [-0.2, 0) is 0 Å². The number of aromatic nitrogens is 1. The summed E-state index contributed by atoms with van der Waals surface area (Å²) < 4.78 is 15.7. The molecule has 3 nitrogen and oxygen atoms in total. The maximum atomic E-state index is 6.70. The Morgan fingerprint density at radius 1 is 0.333 bits per heavy atom. The van der Waals surface area contributed by atoms with Crippen LogP contribution in [0.2, 0.25) is 0 Å². The van der Waals surface area contributed by atoms with E-state index in [1.54, 1.807) is 0 Å². The second kappa shape index (κ2) is 10.8. The zero-order valence-corrected chi connectivity index (χ0v) is 27.5. The number of hydrogen-bond donors (Lipinski definition) is 0. The SMILES string of the molecule is c1ccc(-c2ccc(-n3c4ccccc4c4cc(-c5cccc6c5oc5ccccc56)cc(-c5cccc6c5oc5ccccc56)c43)cc2)cc1. The summed E-state index contributed by atoms with van der Waals surface area (Å²) in [6, 6.07) is 62.5. The van der Waals surface area contributed by atoms with Crippen molar-refractivity contribution in [1.29, 1.82) is 0 Å². The average molecular weight is 652 g/mol. The molecule has 3 heteroatoms. The van der Waals surface area contributed by atoms with Gasteiger partial charge in [-0.15, -0.1) is 0 Å². The lowest BCUT2D eigenvalue weighted by atomic mass is 9.93. The first kappa shape index (κ1) is 28.0. The van der Waals surface area contributed by atoms with E-state index in [2.05, 4.69) is 162 Å². The predicted molar refractivity (Wildman–Crippen MR) is 212 cm³/mol. The molecule has 11 aromatic rings. The fraction of sp³-hybridized carbons (Fsp3) is 0. The Kier molecular flexibility index (Phi) is 5.96. The van der Waals surface area contributed by atoms with Crippen LogP contribution in [0.1, 0.15) is 0 Å². The number of furan rings is 2. The first-order valence-corrected chi connectivity index (χ1v) is 17.3. The number of rotatable bonds is 4. The molecule has 0 radical (unpaired) electrons. The molecule has 0 unspecified atom stereocenters. The zero-order chi connectivity index (χ0) is 33.5. The zero-order valence-electron chi connectivity index (χ0n) is 27.5. The molecule has 3 aromatic heterocycles. The van der Waals surface area contributed by atoms with Crippen molar-refractivity contribution in [3.63, 3.8) is 0 Å². The summed E-state index contributed by atoms with van der Waals surface area (Å²) in [4.78, 5) is 0. The van der Waals surface area contributed by atoms with Crippen molar-refractivity contribution in [2.24, 2.45) is 0 Å². The third-order valence-corrected chi connectivity index (χ3v) is 10.4. The van der Waals surface area contributed by atoms with Crippen molar-refractivity contribution in [2.75, 3.05) is 0 Å². The smallest absolute Gasteiger partial charge is 0.143 e. The summed E-state index contributed by atoms with van der Waals surface area (Å²) in [5.41, 5.74) is 13.6. The lowest BCUT2D eigenvalue weighted by Crippen LogP contribution is -1.96. The lowest BCUT2D eigenvalue weighted by molar-refractivity contribution is 0.670. The third-order valence-electron chi connectivity index (χ3n) is 10.4. The number of hydrogen-bond acceptors (Lipinski definition) is 2. The van der Waals surface area contributed by atoms with Gasteiger partial charge in [0.05, 0.1) is 11.0 Å². The van der Waals surface area contributed by atoms with Gasteiger partial charge >= 0.3 is 0 Å². The first-order valence-electron chi connectivity index (χ1n) is 17.3. The van der Waals surface area contributed by atoms with E-state index in [1.165, 1.54) is 21.9 Å². The quantitative estimate of drug-likeness (QED) is 0.190. The van der Waals surface area contributed by atoms with Gasteiger partial charge in [-0.05, 0) is 59.2 Å². The molecule has 0 bridgehead atoms.